The molecule has 0 unspecified atom stereocenters. The van der Waals surface area contributed by atoms with E-state index < -0.39 is 0 Å². The minimum Gasteiger partial charge on any atom is -0.508 e. The van der Waals surface area contributed by atoms with E-state index in [2.05, 4.69) is 19.9 Å². The number of para-hydroxylation sites is 1. The fourth-order valence-electron chi connectivity index (χ4n) is 6.75. The van der Waals surface area contributed by atoms with E-state index in [0.717, 1.165) is 105 Å². The predicted molar refractivity (Wildman–Crippen MR) is 169 cm³/mol. The molecule has 2 N–H and O–H groups in total. The summed E-state index contributed by atoms with van der Waals surface area (Å²) in [5.41, 5.74) is 4.03. The highest BCUT2D eigenvalue weighted by molar-refractivity contribution is 6.08. The van der Waals surface area contributed by atoms with Gasteiger partial charge in [-0.1, -0.05) is 24.6 Å². The van der Waals surface area contributed by atoms with E-state index in [4.69, 9.17) is 4.74 Å². The van der Waals surface area contributed by atoms with Crippen LogP contribution in [0.15, 0.2) is 47.4 Å². The molecule has 2 aliphatic heterocycles. The summed E-state index contributed by atoms with van der Waals surface area (Å²) in [6, 6.07) is 11.7. The summed E-state index contributed by atoms with van der Waals surface area (Å²) in [7, 11) is 0. The molecule has 4 aromatic rings. The molecule has 228 valence electrons. The van der Waals surface area contributed by atoms with Crippen LogP contribution in [0, 0.1) is 6.92 Å². The first-order valence-electron chi connectivity index (χ1n) is 15.8. The lowest BCUT2D eigenvalue weighted by atomic mass is 9.99. The Bertz CT molecular complexity index is 1640. The summed E-state index contributed by atoms with van der Waals surface area (Å²) in [5, 5.41) is 16.0. The van der Waals surface area contributed by atoms with Crippen molar-refractivity contribution in [2.24, 2.45) is 0 Å². The number of H-pyrrole nitrogens is 1. The van der Waals surface area contributed by atoms with Crippen molar-refractivity contribution >= 4 is 27.6 Å². The van der Waals surface area contributed by atoms with Crippen LogP contribution in [0.25, 0.3) is 21.8 Å². The van der Waals surface area contributed by atoms with Crippen LogP contribution in [0.2, 0.25) is 0 Å². The summed E-state index contributed by atoms with van der Waals surface area (Å²) >= 11 is 0. The van der Waals surface area contributed by atoms with E-state index in [-0.39, 0.29) is 17.4 Å². The molecule has 9 nitrogen and oxygen atoms in total. The normalized spacial score (nSPS) is 17.5. The summed E-state index contributed by atoms with van der Waals surface area (Å²) < 4.78 is 7.53. The minimum absolute atomic E-state index is 0.119. The Morgan fingerprint density at radius 1 is 1.02 bits per heavy atom. The summed E-state index contributed by atoms with van der Waals surface area (Å²) in [6.45, 7) is 8.60. The first-order chi connectivity index (χ1) is 21.0. The summed E-state index contributed by atoms with van der Waals surface area (Å²) in [6.07, 6.45) is 8.68. The predicted octanol–water partition coefficient (Wildman–Crippen LogP) is 4.85. The van der Waals surface area contributed by atoms with Gasteiger partial charge in [-0.15, -0.1) is 0 Å². The average Bonchev–Trinajstić information content (AvgIpc) is 3.34. The first kappa shape index (κ1) is 29.5. The summed E-state index contributed by atoms with van der Waals surface area (Å²) in [5.74, 6) is 0.516. The van der Waals surface area contributed by atoms with Gasteiger partial charge in [-0.2, -0.15) is 5.10 Å². The van der Waals surface area contributed by atoms with E-state index in [1.807, 2.05) is 41.9 Å². The molecule has 43 heavy (non-hydrogen) atoms. The van der Waals surface area contributed by atoms with Crippen LogP contribution in [0.3, 0.4) is 0 Å². The van der Waals surface area contributed by atoms with Crippen LogP contribution in [-0.4, -0.2) is 87.9 Å². The smallest absolute Gasteiger partial charge is 0.259 e. The number of Topliss-reactive ketones (excluding diaryl/α,β-unsaturated/α-hetero) is 1. The Morgan fingerprint density at radius 3 is 2.65 bits per heavy atom. The number of ketones is 1. The quantitative estimate of drug-likeness (QED) is 0.203. The Balaban J connectivity index is 1.09. The number of phenolic OH excluding ortho intramolecular Hbond substituents is 1. The van der Waals surface area contributed by atoms with Crippen LogP contribution in [0.4, 0.5) is 0 Å². The van der Waals surface area contributed by atoms with Gasteiger partial charge in [0.2, 0.25) is 0 Å². The molecule has 0 saturated carbocycles. The largest absolute Gasteiger partial charge is 0.508 e. The second kappa shape index (κ2) is 13.4. The van der Waals surface area contributed by atoms with Crippen molar-refractivity contribution in [1.29, 1.82) is 0 Å². The SMILES string of the molecule is Cc1cc2[nH]c(=O)c3cnn(C4CCOCC4)c3c2cc1C(=O)CN1CCCN(CCCCCc2ccccc2O)CC1. The lowest BCUT2D eigenvalue weighted by Crippen LogP contribution is -2.34. The van der Waals surface area contributed by atoms with E-state index in [0.29, 0.717) is 36.5 Å². The lowest BCUT2D eigenvalue weighted by molar-refractivity contribution is 0.0675. The zero-order valence-electron chi connectivity index (χ0n) is 25.2. The van der Waals surface area contributed by atoms with Crippen molar-refractivity contribution in [3.8, 4) is 5.75 Å². The third-order valence-electron chi connectivity index (χ3n) is 9.21. The van der Waals surface area contributed by atoms with Crippen LogP contribution in [-0.2, 0) is 11.2 Å². The number of ether oxygens (including phenoxy) is 1. The van der Waals surface area contributed by atoms with Crippen LogP contribution in [0.5, 0.6) is 5.75 Å². The number of aromatic hydroxyl groups is 1. The van der Waals surface area contributed by atoms with E-state index >= 15 is 0 Å². The standard InChI is InChI=1S/C34H43N5O4/c1-24-20-30-28(33-29(34(42)36-30)22-35-39(33)26-11-18-43-19-12-26)21-27(24)32(41)23-38-15-7-14-37(16-17-38)13-6-2-3-8-25-9-4-5-10-31(25)40/h4-5,9-10,20-22,26,40H,2-3,6-8,11-19,23H2,1H3,(H,36,42). The molecule has 0 spiro atoms. The number of nitrogens with zero attached hydrogens (tertiary/aromatic N) is 4. The Hall–Kier alpha value is -3.53. The van der Waals surface area contributed by atoms with E-state index in [1.165, 1.54) is 0 Å². The van der Waals surface area contributed by atoms with E-state index in [9.17, 15) is 14.7 Å². The number of carbonyl (C=O) groups is 1. The zero-order chi connectivity index (χ0) is 29.8. The Labute approximate surface area is 252 Å². The van der Waals surface area contributed by atoms with Gasteiger partial charge in [0.1, 0.15) is 5.75 Å². The Kier molecular flexibility index (Phi) is 9.21. The molecule has 9 heteroatoms. The van der Waals surface area contributed by atoms with Crippen molar-refractivity contribution in [3.63, 3.8) is 0 Å². The van der Waals surface area contributed by atoms with Crippen molar-refractivity contribution in [2.75, 3.05) is 52.5 Å². The molecule has 2 aliphatic rings. The van der Waals surface area contributed by atoms with Crippen molar-refractivity contribution in [2.45, 2.75) is 57.9 Å². The molecule has 4 heterocycles. The third-order valence-corrected chi connectivity index (χ3v) is 9.21. The highest BCUT2D eigenvalue weighted by atomic mass is 16.5. The van der Waals surface area contributed by atoms with Gasteiger partial charge in [-0.3, -0.25) is 19.2 Å². The zero-order valence-corrected chi connectivity index (χ0v) is 25.2. The van der Waals surface area contributed by atoms with Crippen LogP contribution in [0.1, 0.15) is 66.1 Å². The van der Waals surface area contributed by atoms with Crippen LogP contribution >= 0.6 is 0 Å². The lowest BCUT2D eigenvalue weighted by Gasteiger charge is -2.23. The summed E-state index contributed by atoms with van der Waals surface area (Å²) in [4.78, 5) is 34.4. The minimum atomic E-state index is -0.149. The number of hydrogen-bond acceptors (Lipinski definition) is 7. The number of pyridine rings is 1. The molecule has 0 amide bonds. The van der Waals surface area contributed by atoms with Crippen molar-refractivity contribution < 1.29 is 14.6 Å². The van der Waals surface area contributed by atoms with Gasteiger partial charge in [0.05, 0.1) is 35.2 Å². The maximum Gasteiger partial charge on any atom is 0.259 e. The van der Waals surface area contributed by atoms with Gasteiger partial charge in [0, 0.05) is 37.3 Å². The molecular weight excluding hydrogens is 542 g/mol. The topological polar surface area (TPSA) is 104 Å². The van der Waals surface area contributed by atoms with E-state index in [1.54, 1.807) is 12.3 Å². The first-order valence-corrected chi connectivity index (χ1v) is 15.8. The number of unbranched alkanes of at least 4 members (excludes halogenated alkanes) is 2. The van der Waals surface area contributed by atoms with Crippen molar-refractivity contribution in [1.82, 2.24) is 24.6 Å². The molecular formula is C34H43N5O4. The monoisotopic (exact) mass is 585 g/mol. The Morgan fingerprint density at radius 2 is 1.81 bits per heavy atom. The fourth-order valence-corrected chi connectivity index (χ4v) is 6.75. The number of aromatic nitrogens is 3. The molecule has 2 aromatic carbocycles. The van der Waals surface area contributed by atoms with Gasteiger partial charge >= 0.3 is 0 Å². The highest BCUT2D eigenvalue weighted by Gasteiger charge is 2.23. The number of fused-ring (bicyclic) bond motifs is 3. The number of aromatic amines is 1. The highest BCUT2D eigenvalue weighted by Crippen LogP contribution is 2.30. The third kappa shape index (κ3) is 6.69. The molecule has 2 aromatic heterocycles. The van der Waals surface area contributed by atoms with Gasteiger partial charge in [-0.25, -0.2) is 0 Å². The second-order valence-electron chi connectivity index (χ2n) is 12.2. The molecule has 2 fully saturated rings. The molecule has 6 rings (SSSR count). The van der Waals surface area contributed by atoms with Crippen LogP contribution < -0.4 is 5.56 Å². The molecule has 0 aliphatic carbocycles. The number of hydrogen-bond donors (Lipinski definition) is 2. The van der Waals surface area contributed by atoms with Gasteiger partial charge < -0.3 is 19.7 Å². The molecule has 0 bridgehead atoms. The maximum atomic E-state index is 13.7. The molecule has 2 saturated heterocycles. The fraction of sp³-hybridized carbons (Fsp3) is 0.500. The number of rotatable bonds is 10. The number of phenols is 1. The number of nitrogens with one attached hydrogen (secondary N) is 1. The van der Waals surface area contributed by atoms with Gasteiger partial charge in [-0.05, 0) is 94.4 Å². The maximum absolute atomic E-state index is 13.7. The van der Waals surface area contributed by atoms with Gasteiger partial charge in [0.25, 0.3) is 5.56 Å². The second-order valence-corrected chi connectivity index (χ2v) is 12.2. The molecule has 0 atom stereocenters. The van der Waals surface area contributed by atoms with Gasteiger partial charge in [0.15, 0.2) is 5.78 Å². The number of aryl methyl sites for hydroxylation is 2. The number of carbonyl (C=O) groups excluding carboxylic acids is 1. The molecule has 0 radical (unpaired) electrons. The average molecular weight is 586 g/mol. The number of benzene rings is 2. The van der Waals surface area contributed by atoms with Crippen molar-refractivity contribution in [3.05, 3.63) is 69.6 Å².